The van der Waals surface area contributed by atoms with E-state index < -0.39 is 5.97 Å². The Morgan fingerprint density at radius 2 is 2.36 bits per heavy atom. The molecule has 0 saturated carbocycles. The molecule has 1 heterocycles. The van der Waals surface area contributed by atoms with E-state index in [1.807, 2.05) is 0 Å². The number of hydrogen-bond acceptors (Lipinski definition) is 2. The maximum atomic E-state index is 10.0. The molecule has 0 amide bonds. The summed E-state index contributed by atoms with van der Waals surface area (Å²) in [5, 5.41) is 8.24. The Kier molecular flexibility index (Phi) is 7.65. The molecule has 0 unspecified atom stereocenters. The fraction of sp³-hybridized carbons (Fsp3) is 0.200. The van der Waals surface area contributed by atoms with Crippen LogP contribution in [-0.2, 0) is 11.2 Å². The second-order valence-electron chi connectivity index (χ2n) is 1.65. The average molecular weight is 167 g/mol. The van der Waals surface area contributed by atoms with Crippen molar-refractivity contribution < 1.29 is 15.4 Å². The molecule has 0 saturated heterocycles. The van der Waals surface area contributed by atoms with Crippen LogP contribution in [0.3, 0.4) is 0 Å². The van der Waals surface area contributed by atoms with Gasteiger partial charge in [0.25, 0.3) is 0 Å². The summed E-state index contributed by atoms with van der Waals surface area (Å²) in [6.45, 7) is 0. The van der Waals surface area contributed by atoms with Gasteiger partial charge in [-0.25, -0.2) is 4.98 Å². The Hall–Kier alpha value is -0.360. The molecular formula is C5H8N2NaO3. The molecule has 5 nitrogen and oxygen atoms in total. The van der Waals surface area contributed by atoms with E-state index in [1.54, 1.807) is 0 Å². The van der Waals surface area contributed by atoms with Gasteiger partial charge in [-0.2, -0.15) is 0 Å². The van der Waals surface area contributed by atoms with E-state index in [4.69, 9.17) is 5.11 Å². The van der Waals surface area contributed by atoms with E-state index in [2.05, 4.69) is 9.97 Å². The molecular weight excluding hydrogens is 159 g/mol. The van der Waals surface area contributed by atoms with Gasteiger partial charge in [-0.1, -0.05) is 0 Å². The standard InChI is InChI=1S/C5H6N2O2.Na.H2O/c8-5(9)1-4-2-6-3-7-4;;/h2-3H,1H2,(H,6,7)(H,8,9);;1H2. The third kappa shape index (κ3) is 4.97. The van der Waals surface area contributed by atoms with Crippen molar-refractivity contribution >= 4 is 35.5 Å². The molecule has 0 bridgehead atoms. The first-order valence-electron chi connectivity index (χ1n) is 2.48. The number of carboxylic acids is 1. The molecule has 1 aromatic rings. The van der Waals surface area contributed by atoms with E-state index in [0.29, 0.717) is 5.69 Å². The van der Waals surface area contributed by atoms with Gasteiger partial charge in [0.05, 0.1) is 12.7 Å². The first-order chi connectivity index (χ1) is 4.29. The van der Waals surface area contributed by atoms with Gasteiger partial charge in [0.1, 0.15) is 0 Å². The molecule has 0 aliphatic rings. The molecule has 0 aliphatic heterocycles. The number of hydrogen-bond donors (Lipinski definition) is 2. The number of imidazole rings is 1. The van der Waals surface area contributed by atoms with Gasteiger partial charge < -0.3 is 15.6 Å². The third-order valence-electron chi connectivity index (χ3n) is 0.897. The van der Waals surface area contributed by atoms with Gasteiger partial charge in [0, 0.05) is 41.4 Å². The normalized spacial score (nSPS) is 7.64. The van der Waals surface area contributed by atoms with Crippen molar-refractivity contribution in [3.05, 3.63) is 18.2 Å². The predicted octanol–water partition coefficient (Wildman–Crippen LogP) is -1.17. The van der Waals surface area contributed by atoms with Crippen LogP contribution in [0.5, 0.6) is 0 Å². The van der Waals surface area contributed by atoms with Gasteiger partial charge in [0.15, 0.2) is 0 Å². The van der Waals surface area contributed by atoms with E-state index in [1.165, 1.54) is 12.5 Å². The summed E-state index contributed by atoms with van der Waals surface area (Å²) in [5.41, 5.74) is 0.627. The third-order valence-corrected chi connectivity index (χ3v) is 0.897. The zero-order valence-corrected chi connectivity index (χ0v) is 8.16. The second-order valence-corrected chi connectivity index (χ2v) is 1.65. The Bertz CT molecular complexity index is 200. The summed E-state index contributed by atoms with van der Waals surface area (Å²) in [5.74, 6) is -0.848. The van der Waals surface area contributed by atoms with Crippen molar-refractivity contribution in [1.29, 1.82) is 0 Å². The molecule has 0 aromatic carbocycles. The molecule has 6 heteroatoms. The van der Waals surface area contributed by atoms with Crippen LogP contribution in [-0.4, -0.2) is 56.1 Å². The van der Waals surface area contributed by atoms with E-state index >= 15 is 0 Å². The van der Waals surface area contributed by atoms with Crippen molar-refractivity contribution in [2.45, 2.75) is 6.42 Å². The fourth-order valence-corrected chi connectivity index (χ4v) is 0.544. The summed E-state index contributed by atoms with van der Waals surface area (Å²) in [7, 11) is 0. The Morgan fingerprint density at radius 1 is 1.73 bits per heavy atom. The molecule has 0 atom stereocenters. The number of nitrogens with zero attached hydrogens (tertiary/aromatic N) is 1. The molecule has 0 aliphatic carbocycles. The predicted molar refractivity (Wildman–Crippen MR) is 39.3 cm³/mol. The molecule has 11 heavy (non-hydrogen) atoms. The number of nitrogens with one attached hydrogen (secondary N) is 1. The Morgan fingerprint density at radius 3 is 2.73 bits per heavy atom. The van der Waals surface area contributed by atoms with Gasteiger partial charge >= 0.3 is 5.97 Å². The van der Waals surface area contributed by atoms with Crippen molar-refractivity contribution in [3.63, 3.8) is 0 Å². The monoisotopic (exact) mass is 167 g/mol. The largest absolute Gasteiger partial charge is 0.481 e. The van der Waals surface area contributed by atoms with E-state index in [0.717, 1.165) is 0 Å². The number of aliphatic carboxylic acids is 1. The van der Waals surface area contributed by atoms with E-state index in [-0.39, 0.29) is 41.5 Å². The molecule has 0 spiro atoms. The molecule has 57 valence electrons. The summed E-state index contributed by atoms with van der Waals surface area (Å²) in [4.78, 5) is 16.4. The maximum Gasteiger partial charge on any atom is 0.309 e. The summed E-state index contributed by atoms with van der Waals surface area (Å²) >= 11 is 0. The van der Waals surface area contributed by atoms with Crippen molar-refractivity contribution in [1.82, 2.24) is 9.97 Å². The molecule has 4 N–H and O–H groups in total. The quantitative estimate of drug-likeness (QED) is 0.543. The maximum absolute atomic E-state index is 10.0. The van der Waals surface area contributed by atoms with Gasteiger partial charge in [0.2, 0.25) is 0 Å². The summed E-state index contributed by atoms with van der Waals surface area (Å²) in [6.07, 6.45) is 2.96. The SMILES string of the molecule is O.O=C(O)Cc1cnc[nH]1.[Na]. The number of aromatic amines is 1. The second kappa shape index (κ2) is 6.36. The van der Waals surface area contributed by atoms with Crippen molar-refractivity contribution in [3.8, 4) is 0 Å². The topological polar surface area (TPSA) is 97.5 Å². The van der Waals surface area contributed by atoms with Crippen LogP contribution in [0.25, 0.3) is 0 Å². The Labute approximate surface area is 85.4 Å². The first kappa shape index (κ1) is 13.2. The van der Waals surface area contributed by atoms with Crippen LogP contribution >= 0.6 is 0 Å². The molecule has 1 rings (SSSR count). The first-order valence-corrected chi connectivity index (χ1v) is 2.48. The van der Waals surface area contributed by atoms with Crippen molar-refractivity contribution in [2.75, 3.05) is 0 Å². The molecule has 0 fully saturated rings. The van der Waals surface area contributed by atoms with Gasteiger partial charge in [-0.05, 0) is 0 Å². The zero-order valence-electron chi connectivity index (χ0n) is 6.16. The number of aromatic nitrogens is 2. The number of H-pyrrole nitrogens is 1. The van der Waals surface area contributed by atoms with Crippen molar-refractivity contribution in [2.24, 2.45) is 0 Å². The number of carbonyl (C=O) groups is 1. The summed E-state index contributed by atoms with van der Waals surface area (Å²) in [6, 6.07) is 0. The minimum Gasteiger partial charge on any atom is -0.481 e. The van der Waals surface area contributed by atoms with Gasteiger partial charge in [-0.15, -0.1) is 0 Å². The minimum atomic E-state index is -0.848. The number of rotatable bonds is 2. The molecule has 1 aromatic heterocycles. The molecule has 1 radical (unpaired) electrons. The van der Waals surface area contributed by atoms with Crippen LogP contribution in [0.1, 0.15) is 5.69 Å². The van der Waals surface area contributed by atoms with Gasteiger partial charge in [-0.3, -0.25) is 4.79 Å². The zero-order chi connectivity index (χ0) is 6.69. The smallest absolute Gasteiger partial charge is 0.309 e. The van der Waals surface area contributed by atoms with Crippen LogP contribution < -0.4 is 0 Å². The van der Waals surface area contributed by atoms with Crippen LogP contribution in [0.2, 0.25) is 0 Å². The average Bonchev–Trinajstić information content (AvgIpc) is 2.15. The van der Waals surface area contributed by atoms with Crippen LogP contribution in [0.4, 0.5) is 0 Å². The summed E-state index contributed by atoms with van der Waals surface area (Å²) < 4.78 is 0. The Balaban J connectivity index is 0. The van der Waals surface area contributed by atoms with Crippen LogP contribution in [0, 0.1) is 0 Å². The van der Waals surface area contributed by atoms with E-state index in [9.17, 15) is 4.79 Å². The number of carboxylic acid groups (broad SMARTS) is 1. The fourth-order valence-electron chi connectivity index (χ4n) is 0.544. The minimum absolute atomic E-state index is 0. The van der Waals surface area contributed by atoms with Crippen LogP contribution in [0.15, 0.2) is 12.5 Å².